The molecule has 0 aliphatic heterocycles. The predicted octanol–water partition coefficient (Wildman–Crippen LogP) is 7.64. The second-order valence-corrected chi connectivity index (χ2v) is 11.1. The highest BCUT2D eigenvalue weighted by atomic mass is 32.1. The van der Waals surface area contributed by atoms with Crippen molar-refractivity contribution >= 4 is 28.0 Å². The van der Waals surface area contributed by atoms with Crippen molar-refractivity contribution < 1.29 is 0 Å². The van der Waals surface area contributed by atoms with Gasteiger partial charge in [-0.15, -0.1) is 0 Å². The van der Waals surface area contributed by atoms with Crippen molar-refractivity contribution in [1.29, 1.82) is 0 Å². The fourth-order valence-corrected chi connectivity index (χ4v) is 8.74. The van der Waals surface area contributed by atoms with Crippen molar-refractivity contribution in [2.24, 2.45) is 28.6 Å². The van der Waals surface area contributed by atoms with E-state index in [0.29, 0.717) is 10.8 Å². The van der Waals surface area contributed by atoms with Crippen LogP contribution in [0.25, 0.3) is 16.5 Å². The third-order valence-electron chi connectivity index (χ3n) is 9.23. The first-order valence-corrected chi connectivity index (χ1v) is 12.1. The van der Waals surface area contributed by atoms with Gasteiger partial charge in [0.25, 0.3) is 0 Å². The van der Waals surface area contributed by atoms with E-state index >= 15 is 0 Å². The summed E-state index contributed by atoms with van der Waals surface area (Å²) in [5, 5.41) is 1.37. The minimum absolute atomic E-state index is 0.340. The van der Waals surface area contributed by atoms with Gasteiger partial charge in [0.05, 0.1) is 10.4 Å². The van der Waals surface area contributed by atoms with Crippen LogP contribution in [0, 0.1) is 28.6 Å². The molecular formula is C26H31NS. The first-order valence-electron chi connectivity index (χ1n) is 11.4. The standard InChI is InChI=1S/C26H31NS/c1-25-15-6-5-7-17(25)10-11-18-20-12-13-22(26(20,2)16-14-21(18)25)24-19-8-3-4-9-23(19)27-28-24/h3-4,8-10,13,18,20-21H,5-7,11-12,14-16H2,1-2H3. The lowest BCUT2D eigenvalue weighted by atomic mass is 9.47. The molecule has 4 aliphatic carbocycles. The number of benzene rings is 1. The molecule has 0 radical (unpaired) electrons. The van der Waals surface area contributed by atoms with Gasteiger partial charge in [0.2, 0.25) is 0 Å². The van der Waals surface area contributed by atoms with Crippen LogP contribution < -0.4 is 0 Å². The Morgan fingerprint density at radius 3 is 2.79 bits per heavy atom. The average molecular weight is 390 g/mol. The van der Waals surface area contributed by atoms with Crippen LogP contribution in [0.1, 0.15) is 70.1 Å². The zero-order valence-corrected chi connectivity index (χ0v) is 18.0. The van der Waals surface area contributed by atoms with Crippen LogP contribution in [0.4, 0.5) is 0 Å². The molecule has 1 aromatic heterocycles. The first-order chi connectivity index (χ1) is 13.6. The van der Waals surface area contributed by atoms with E-state index in [1.165, 1.54) is 67.1 Å². The first kappa shape index (κ1) is 17.4. The molecule has 5 unspecified atom stereocenters. The van der Waals surface area contributed by atoms with E-state index in [-0.39, 0.29) is 0 Å². The van der Waals surface area contributed by atoms with Crippen molar-refractivity contribution in [2.75, 3.05) is 0 Å². The summed E-state index contributed by atoms with van der Waals surface area (Å²) in [7, 11) is 0. The summed E-state index contributed by atoms with van der Waals surface area (Å²) in [6.07, 6.45) is 16.3. The van der Waals surface area contributed by atoms with Crippen LogP contribution in [0.15, 0.2) is 42.0 Å². The van der Waals surface area contributed by atoms with E-state index in [9.17, 15) is 0 Å². The molecule has 4 aliphatic rings. The average Bonchev–Trinajstić information content (AvgIpc) is 3.28. The lowest BCUT2D eigenvalue weighted by molar-refractivity contribution is -0.00971. The van der Waals surface area contributed by atoms with Gasteiger partial charge in [0.15, 0.2) is 0 Å². The smallest absolute Gasteiger partial charge is 0.0847 e. The van der Waals surface area contributed by atoms with Crippen molar-refractivity contribution in [1.82, 2.24) is 4.37 Å². The second-order valence-electron chi connectivity index (χ2n) is 10.3. The molecule has 0 saturated heterocycles. The van der Waals surface area contributed by atoms with E-state index in [1.54, 1.807) is 17.1 Å². The molecule has 0 bridgehead atoms. The van der Waals surface area contributed by atoms with Gasteiger partial charge in [-0.1, -0.05) is 56.2 Å². The van der Waals surface area contributed by atoms with E-state index in [1.807, 2.05) is 5.57 Å². The predicted molar refractivity (Wildman–Crippen MR) is 119 cm³/mol. The molecule has 0 N–H and O–H groups in total. The Morgan fingerprint density at radius 2 is 1.86 bits per heavy atom. The van der Waals surface area contributed by atoms with Gasteiger partial charge in [-0.2, -0.15) is 4.37 Å². The van der Waals surface area contributed by atoms with Crippen LogP contribution in [0.5, 0.6) is 0 Å². The molecule has 1 nitrogen and oxygen atoms in total. The highest BCUT2D eigenvalue weighted by Crippen LogP contribution is 2.66. The Hall–Kier alpha value is -1.41. The van der Waals surface area contributed by atoms with Crippen LogP contribution in [0.3, 0.4) is 0 Å². The Bertz CT molecular complexity index is 997. The van der Waals surface area contributed by atoms with E-state index in [4.69, 9.17) is 4.37 Å². The maximum Gasteiger partial charge on any atom is 0.0847 e. The minimum atomic E-state index is 0.340. The van der Waals surface area contributed by atoms with Crippen LogP contribution in [-0.2, 0) is 0 Å². The molecule has 6 rings (SSSR count). The van der Waals surface area contributed by atoms with E-state index in [2.05, 4.69) is 50.3 Å². The Morgan fingerprint density at radius 1 is 0.964 bits per heavy atom. The van der Waals surface area contributed by atoms with Crippen molar-refractivity contribution in [3.8, 4) is 0 Å². The molecule has 2 fully saturated rings. The molecule has 2 heteroatoms. The van der Waals surface area contributed by atoms with Gasteiger partial charge in [-0.3, -0.25) is 0 Å². The summed E-state index contributed by atoms with van der Waals surface area (Å²) in [5.41, 5.74) is 5.46. The van der Waals surface area contributed by atoms with Gasteiger partial charge < -0.3 is 0 Å². The fraction of sp³-hybridized carbons (Fsp3) is 0.577. The normalized spacial score (nSPS) is 39.7. The molecule has 28 heavy (non-hydrogen) atoms. The zero-order valence-electron chi connectivity index (χ0n) is 17.2. The summed E-state index contributed by atoms with van der Waals surface area (Å²) in [4.78, 5) is 1.45. The highest BCUT2D eigenvalue weighted by Gasteiger charge is 2.56. The van der Waals surface area contributed by atoms with Gasteiger partial charge in [0, 0.05) is 5.39 Å². The molecular weight excluding hydrogens is 358 g/mol. The number of aromatic nitrogens is 1. The Labute approximate surface area is 173 Å². The van der Waals surface area contributed by atoms with Crippen LogP contribution in [0.2, 0.25) is 0 Å². The largest absolute Gasteiger partial charge is 0.192 e. The summed E-state index contributed by atoms with van der Waals surface area (Å²) in [6, 6.07) is 8.72. The van der Waals surface area contributed by atoms with Gasteiger partial charge in [0.1, 0.15) is 0 Å². The zero-order chi connectivity index (χ0) is 18.9. The maximum atomic E-state index is 4.77. The van der Waals surface area contributed by atoms with Gasteiger partial charge >= 0.3 is 0 Å². The SMILES string of the molecule is CC12CCCCC1=CCC1C2CCC2(C)C(c3snc4ccccc34)=CCC12. The number of hydrogen-bond donors (Lipinski definition) is 0. The van der Waals surface area contributed by atoms with Crippen molar-refractivity contribution in [3.63, 3.8) is 0 Å². The lowest BCUT2D eigenvalue weighted by Crippen LogP contribution is -2.48. The molecule has 1 heterocycles. The number of fused-ring (bicyclic) bond motifs is 6. The number of allylic oxidation sites excluding steroid dienone is 4. The van der Waals surface area contributed by atoms with Crippen LogP contribution >= 0.6 is 11.5 Å². The summed E-state index contributed by atoms with van der Waals surface area (Å²) in [5.74, 6) is 2.61. The van der Waals surface area contributed by atoms with E-state index < -0.39 is 0 Å². The fourth-order valence-electron chi connectivity index (χ4n) is 7.70. The lowest BCUT2D eigenvalue weighted by Gasteiger charge is -2.57. The highest BCUT2D eigenvalue weighted by molar-refractivity contribution is 7.08. The second kappa shape index (κ2) is 6.05. The number of nitrogens with zero attached hydrogens (tertiary/aromatic N) is 1. The third kappa shape index (κ3) is 2.22. The van der Waals surface area contributed by atoms with Crippen molar-refractivity contribution in [2.45, 2.75) is 65.2 Å². The molecule has 0 amide bonds. The molecule has 0 spiro atoms. The Balaban J connectivity index is 1.38. The molecule has 146 valence electrons. The summed E-state index contributed by atoms with van der Waals surface area (Å²) < 4.78 is 4.77. The molecule has 2 saturated carbocycles. The number of hydrogen-bond acceptors (Lipinski definition) is 2. The number of rotatable bonds is 1. The third-order valence-corrected chi connectivity index (χ3v) is 10.1. The molecule has 5 atom stereocenters. The summed E-state index contributed by atoms with van der Waals surface area (Å²) in [6.45, 7) is 5.21. The quantitative estimate of drug-likeness (QED) is 0.457. The molecule has 1 aromatic carbocycles. The minimum Gasteiger partial charge on any atom is -0.192 e. The van der Waals surface area contributed by atoms with Crippen molar-refractivity contribution in [3.05, 3.63) is 46.9 Å². The Kier molecular flexibility index (Phi) is 3.77. The monoisotopic (exact) mass is 389 g/mol. The van der Waals surface area contributed by atoms with Gasteiger partial charge in [-0.05, 0) is 96.7 Å². The summed E-state index contributed by atoms with van der Waals surface area (Å²) >= 11 is 1.73. The topological polar surface area (TPSA) is 12.9 Å². The molecule has 2 aromatic rings. The van der Waals surface area contributed by atoms with Crippen LogP contribution in [-0.4, -0.2) is 4.37 Å². The van der Waals surface area contributed by atoms with Gasteiger partial charge in [-0.25, -0.2) is 0 Å². The maximum absolute atomic E-state index is 4.77. The van der Waals surface area contributed by atoms with E-state index in [0.717, 1.165) is 17.8 Å².